The number of benzene rings is 1. The van der Waals surface area contributed by atoms with Crippen LogP contribution in [0.25, 0.3) is 22.3 Å². The Labute approximate surface area is 177 Å². The molecule has 0 unspecified atom stereocenters. The highest BCUT2D eigenvalue weighted by Crippen LogP contribution is 2.38. The van der Waals surface area contributed by atoms with E-state index in [1.807, 2.05) is 30.5 Å². The minimum absolute atomic E-state index is 0.106. The molecule has 0 amide bonds. The molecule has 3 aromatic rings. The quantitative estimate of drug-likeness (QED) is 0.550. The summed E-state index contributed by atoms with van der Waals surface area (Å²) in [6.45, 7) is 9.52. The van der Waals surface area contributed by atoms with E-state index in [1.165, 1.54) is 25.3 Å². The van der Waals surface area contributed by atoms with Crippen molar-refractivity contribution in [3.63, 3.8) is 0 Å². The lowest BCUT2D eigenvalue weighted by atomic mass is 9.83. The van der Waals surface area contributed by atoms with Gasteiger partial charge in [-0.15, -0.1) is 0 Å². The number of pyridine rings is 1. The highest BCUT2D eigenvalue weighted by molar-refractivity contribution is 5.78. The van der Waals surface area contributed by atoms with Gasteiger partial charge < -0.3 is 15.0 Å². The molecule has 4 heterocycles. The van der Waals surface area contributed by atoms with Crippen molar-refractivity contribution in [1.82, 2.24) is 20.5 Å². The summed E-state index contributed by atoms with van der Waals surface area (Å²) in [6, 6.07) is 9.40. The lowest BCUT2D eigenvalue weighted by Crippen LogP contribution is -2.55. The topological polar surface area (TPSA) is 82.8 Å². The van der Waals surface area contributed by atoms with E-state index in [0.717, 1.165) is 33.7 Å². The first-order chi connectivity index (χ1) is 14.2. The third-order valence-electron chi connectivity index (χ3n) is 5.76. The van der Waals surface area contributed by atoms with E-state index in [1.54, 1.807) is 6.20 Å². The van der Waals surface area contributed by atoms with Gasteiger partial charge >= 0.3 is 0 Å². The molecule has 0 bridgehead atoms. The van der Waals surface area contributed by atoms with E-state index in [0.29, 0.717) is 17.7 Å². The average molecular weight is 407 g/mol. The number of nitrogens with one attached hydrogen (secondary N) is 3. The molecule has 0 aliphatic carbocycles. The van der Waals surface area contributed by atoms with Crippen LogP contribution in [0.1, 0.15) is 52.7 Å². The van der Waals surface area contributed by atoms with Crippen molar-refractivity contribution in [2.45, 2.75) is 64.6 Å². The zero-order valence-corrected chi connectivity index (χ0v) is 18.1. The molecule has 2 aliphatic rings. The molecule has 3 N–H and O–H groups in total. The molecular formula is C24H30N4O2. The Morgan fingerprint density at radius 3 is 2.33 bits per heavy atom. The van der Waals surface area contributed by atoms with Crippen LogP contribution in [0, 0.1) is 0 Å². The fraction of sp³-hybridized carbons (Fsp3) is 0.417. The van der Waals surface area contributed by atoms with Crippen molar-refractivity contribution in [3.05, 3.63) is 58.8 Å². The second kappa shape index (κ2) is 7.76. The molecule has 6 nitrogen and oxygen atoms in total. The summed E-state index contributed by atoms with van der Waals surface area (Å²) in [6.07, 6.45) is 7.62. The maximum absolute atomic E-state index is 11.3. The van der Waals surface area contributed by atoms with Crippen molar-refractivity contribution in [2.75, 3.05) is 0 Å². The van der Waals surface area contributed by atoms with Crippen molar-refractivity contribution in [2.24, 2.45) is 0 Å². The van der Waals surface area contributed by atoms with Crippen LogP contribution >= 0.6 is 0 Å². The maximum Gasteiger partial charge on any atom is 0.248 e. The van der Waals surface area contributed by atoms with Crippen LogP contribution in [-0.2, 0) is 6.61 Å². The van der Waals surface area contributed by atoms with Crippen LogP contribution in [0.5, 0.6) is 5.75 Å². The third kappa shape index (κ3) is 4.49. The second-order valence-electron chi connectivity index (χ2n) is 9.45. The summed E-state index contributed by atoms with van der Waals surface area (Å²) >= 11 is 0. The zero-order chi connectivity index (χ0) is 21.4. The first-order valence-corrected chi connectivity index (χ1v) is 10.5. The van der Waals surface area contributed by atoms with Crippen LogP contribution in [0.3, 0.4) is 0 Å². The van der Waals surface area contributed by atoms with E-state index in [9.17, 15) is 4.79 Å². The fourth-order valence-electron chi connectivity index (χ4n) is 4.50. The van der Waals surface area contributed by atoms with Crippen LogP contribution in [0.2, 0.25) is 0 Å². The Kier molecular flexibility index (Phi) is 5.28. The number of piperidine rings is 1. The van der Waals surface area contributed by atoms with Crippen LogP contribution in [-0.4, -0.2) is 26.3 Å². The Balaban J connectivity index is 0.000000185. The molecule has 6 heteroatoms. The van der Waals surface area contributed by atoms with Gasteiger partial charge in [-0.2, -0.15) is 5.10 Å². The molecule has 0 spiro atoms. The zero-order valence-electron chi connectivity index (χ0n) is 18.1. The number of rotatable bonds is 1. The van der Waals surface area contributed by atoms with Crippen molar-refractivity contribution >= 4 is 0 Å². The lowest BCUT2D eigenvalue weighted by Gasteiger charge is -2.42. The number of hydrogen-bond acceptors (Lipinski definition) is 4. The molecule has 2 aromatic heterocycles. The molecule has 0 radical (unpaired) electrons. The van der Waals surface area contributed by atoms with Gasteiger partial charge in [0.15, 0.2) is 0 Å². The van der Waals surface area contributed by atoms with E-state index < -0.39 is 0 Å². The largest absolute Gasteiger partial charge is 0.487 e. The molecule has 158 valence electrons. The number of aromatic amines is 2. The molecular weight excluding hydrogens is 376 g/mol. The molecule has 0 atom stereocenters. The molecule has 1 aromatic carbocycles. The SMILES string of the molecule is CC1(C)CCCC(C)(C)N1.O=c1ccc2c([nH]1)COc1cc(-c3cn[nH]c3)ccc1-2. The molecule has 30 heavy (non-hydrogen) atoms. The second-order valence-corrected chi connectivity index (χ2v) is 9.45. The van der Waals surface area contributed by atoms with Crippen LogP contribution < -0.4 is 15.6 Å². The van der Waals surface area contributed by atoms with Crippen molar-refractivity contribution in [3.8, 4) is 28.0 Å². The standard InChI is InChI=1S/C15H11N3O2.C9H19N/c19-15-4-3-11-12-2-1-9(10-6-16-17-7-10)5-14(12)20-8-13(11)18-15;1-8(2)6-5-7-9(3,4)10-8/h1-7H,8H2,(H,16,17)(H,18,19);10H,5-7H2,1-4H3. The monoisotopic (exact) mass is 406 g/mol. The average Bonchev–Trinajstić information content (AvgIpc) is 3.20. The van der Waals surface area contributed by atoms with Crippen molar-refractivity contribution in [1.29, 1.82) is 0 Å². The van der Waals surface area contributed by atoms with E-state index in [4.69, 9.17) is 4.74 Å². The van der Waals surface area contributed by atoms with Gasteiger partial charge in [0.1, 0.15) is 12.4 Å². The van der Waals surface area contributed by atoms with Crippen LogP contribution in [0.15, 0.2) is 47.5 Å². The normalized spacial score (nSPS) is 18.3. The van der Waals surface area contributed by atoms with Gasteiger partial charge in [-0.05, 0) is 70.7 Å². The van der Waals surface area contributed by atoms with Gasteiger partial charge in [0.25, 0.3) is 0 Å². The van der Waals surface area contributed by atoms with E-state index >= 15 is 0 Å². The summed E-state index contributed by atoms with van der Waals surface area (Å²) in [7, 11) is 0. The van der Waals surface area contributed by atoms with E-state index in [2.05, 4.69) is 48.2 Å². The summed E-state index contributed by atoms with van der Waals surface area (Å²) in [5.41, 5.74) is 5.52. The highest BCUT2D eigenvalue weighted by atomic mass is 16.5. The van der Waals surface area contributed by atoms with Gasteiger partial charge in [-0.25, -0.2) is 0 Å². The van der Waals surface area contributed by atoms with Gasteiger partial charge in [0, 0.05) is 40.0 Å². The molecule has 5 rings (SSSR count). The minimum Gasteiger partial charge on any atom is -0.487 e. The maximum atomic E-state index is 11.3. The highest BCUT2D eigenvalue weighted by Gasteiger charge is 2.31. The lowest BCUT2D eigenvalue weighted by molar-refractivity contribution is 0.183. The number of fused-ring (bicyclic) bond motifs is 3. The number of hydrogen-bond donors (Lipinski definition) is 3. The van der Waals surface area contributed by atoms with E-state index in [-0.39, 0.29) is 5.56 Å². The summed E-state index contributed by atoms with van der Waals surface area (Å²) in [5, 5.41) is 10.4. The van der Waals surface area contributed by atoms with Gasteiger partial charge in [0.2, 0.25) is 5.56 Å². The molecule has 0 saturated carbocycles. The van der Waals surface area contributed by atoms with Gasteiger partial charge in [0.05, 0.1) is 11.9 Å². The Hall–Kier alpha value is -2.86. The smallest absolute Gasteiger partial charge is 0.248 e. The molecule has 2 aliphatic heterocycles. The number of aromatic nitrogens is 3. The minimum atomic E-state index is -0.106. The Morgan fingerprint density at radius 1 is 0.967 bits per heavy atom. The number of ether oxygens (including phenoxy) is 1. The number of nitrogens with zero attached hydrogens (tertiary/aromatic N) is 1. The first kappa shape index (κ1) is 20.4. The molecule has 1 saturated heterocycles. The summed E-state index contributed by atoms with van der Waals surface area (Å²) in [5.74, 6) is 0.822. The third-order valence-corrected chi connectivity index (χ3v) is 5.76. The summed E-state index contributed by atoms with van der Waals surface area (Å²) in [4.78, 5) is 14.2. The Bertz CT molecular complexity index is 1070. The van der Waals surface area contributed by atoms with Crippen molar-refractivity contribution < 1.29 is 4.74 Å². The number of H-pyrrole nitrogens is 2. The Morgan fingerprint density at radius 2 is 1.70 bits per heavy atom. The predicted molar refractivity (Wildman–Crippen MR) is 120 cm³/mol. The predicted octanol–water partition coefficient (Wildman–Crippen LogP) is 4.64. The summed E-state index contributed by atoms with van der Waals surface area (Å²) < 4.78 is 5.74. The van der Waals surface area contributed by atoms with Crippen LogP contribution in [0.4, 0.5) is 0 Å². The first-order valence-electron chi connectivity index (χ1n) is 10.5. The molecule has 1 fully saturated rings. The van der Waals surface area contributed by atoms with Gasteiger partial charge in [-0.3, -0.25) is 9.89 Å². The fourth-order valence-corrected chi connectivity index (χ4v) is 4.50. The van der Waals surface area contributed by atoms with Gasteiger partial charge in [-0.1, -0.05) is 6.07 Å².